The minimum atomic E-state index is 0.0396. The zero-order valence-corrected chi connectivity index (χ0v) is 12.4. The van der Waals surface area contributed by atoms with Crippen LogP contribution in [0.4, 0.5) is 0 Å². The topological polar surface area (TPSA) is 58.2 Å². The molecule has 0 spiro atoms. The Morgan fingerprint density at radius 3 is 1.94 bits per heavy atom. The average molecular weight is 256 g/mol. The zero-order valence-electron chi connectivity index (χ0n) is 12.4. The minimum absolute atomic E-state index is 0.0396. The van der Waals surface area contributed by atoms with Crippen molar-refractivity contribution in [2.45, 2.75) is 59.9 Å². The Morgan fingerprint density at radius 2 is 1.44 bits per heavy atom. The van der Waals surface area contributed by atoms with Gasteiger partial charge < -0.3 is 10.6 Å². The van der Waals surface area contributed by atoms with Crippen molar-refractivity contribution in [3.05, 3.63) is 0 Å². The molecule has 0 aromatic heterocycles. The summed E-state index contributed by atoms with van der Waals surface area (Å²) in [6.45, 7) is 10.3. The fraction of sp³-hybridized carbons (Fsp3) is 0.857. The molecule has 0 heterocycles. The first kappa shape index (κ1) is 16.9. The summed E-state index contributed by atoms with van der Waals surface area (Å²) in [6, 6.07) is 0.209. The van der Waals surface area contributed by atoms with Crippen LogP contribution in [0.2, 0.25) is 0 Å². The van der Waals surface area contributed by atoms with Crippen molar-refractivity contribution in [1.29, 1.82) is 0 Å². The second-order valence-corrected chi connectivity index (χ2v) is 5.51. The Balaban J connectivity index is 3.55. The highest BCUT2D eigenvalue weighted by Gasteiger charge is 2.10. The first-order valence-corrected chi connectivity index (χ1v) is 6.92. The largest absolute Gasteiger partial charge is 0.356 e. The molecule has 1 unspecified atom stereocenters. The van der Waals surface area contributed by atoms with E-state index in [0.29, 0.717) is 0 Å². The third kappa shape index (κ3) is 8.09. The maximum absolute atomic E-state index is 11.4. The molecule has 0 fully saturated rings. The molecule has 2 N–H and O–H groups in total. The van der Waals surface area contributed by atoms with Gasteiger partial charge in [-0.3, -0.25) is 9.59 Å². The van der Waals surface area contributed by atoms with Crippen LogP contribution in [0.25, 0.3) is 0 Å². The van der Waals surface area contributed by atoms with E-state index in [4.69, 9.17) is 0 Å². The molecule has 0 aromatic carbocycles. The van der Waals surface area contributed by atoms with Gasteiger partial charge in [-0.1, -0.05) is 27.7 Å². The Labute approximate surface area is 111 Å². The Morgan fingerprint density at radius 1 is 0.889 bits per heavy atom. The summed E-state index contributed by atoms with van der Waals surface area (Å²) in [5.41, 5.74) is 0. The maximum atomic E-state index is 11.4. The molecular formula is C14H28N2O2. The summed E-state index contributed by atoms with van der Waals surface area (Å²) in [6.07, 6.45) is 2.92. The number of carbonyl (C=O) groups is 2. The van der Waals surface area contributed by atoms with Gasteiger partial charge in [0.25, 0.3) is 0 Å². The van der Waals surface area contributed by atoms with Gasteiger partial charge in [-0.05, 0) is 26.2 Å². The van der Waals surface area contributed by atoms with Gasteiger partial charge in [-0.25, -0.2) is 0 Å². The lowest BCUT2D eigenvalue weighted by Crippen LogP contribution is -2.35. The van der Waals surface area contributed by atoms with E-state index in [-0.39, 0.29) is 29.7 Å². The van der Waals surface area contributed by atoms with Gasteiger partial charge in [0, 0.05) is 24.4 Å². The summed E-state index contributed by atoms with van der Waals surface area (Å²) >= 11 is 0. The highest BCUT2D eigenvalue weighted by Crippen LogP contribution is 2.02. The predicted octanol–water partition coefficient (Wildman–Crippen LogP) is 2.09. The van der Waals surface area contributed by atoms with E-state index in [1.54, 1.807) is 0 Å². The molecule has 2 amide bonds. The smallest absolute Gasteiger partial charge is 0.222 e. The number of hydrogen-bond donors (Lipinski definition) is 2. The van der Waals surface area contributed by atoms with E-state index < -0.39 is 0 Å². The molecule has 0 aliphatic carbocycles. The van der Waals surface area contributed by atoms with Crippen LogP contribution < -0.4 is 10.6 Å². The highest BCUT2D eigenvalue weighted by molar-refractivity contribution is 5.78. The van der Waals surface area contributed by atoms with Crippen LogP contribution in [0, 0.1) is 11.8 Å². The maximum Gasteiger partial charge on any atom is 0.222 e. The van der Waals surface area contributed by atoms with Crippen molar-refractivity contribution >= 4 is 11.8 Å². The molecular weight excluding hydrogens is 228 g/mol. The second kappa shape index (κ2) is 8.95. The zero-order chi connectivity index (χ0) is 14.1. The monoisotopic (exact) mass is 256 g/mol. The van der Waals surface area contributed by atoms with Gasteiger partial charge >= 0.3 is 0 Å². The first-order chi connectivity index (χ1) is 8.34. The number of unbranched alkanes of at least 4 members (excludes halogenated alkanes) is 1. The molecule has 4 nitrogen and oxygen atoms in total. The van der Waals surface area contributed by atoms with Crippen LogP contribution in [0.5, 0.6) is 0 Å². The van der Waals surface area contributed by atoms with Crippen molar-refractivity contribution in [2.24, 2.45) is 11.8 Å². The Bertz CT molecular complexity index is 263. The number of rotatable bonds is 8. The summed E-state index contributed by atoms with van der Waals surface area (Å²) < 4.78 is 0. The number of carbonyl (C=O) groups excluding carboxylic acids is 2. The van der Waals surface area contributed by atoms with E-state index >= 15 is 0 Å². The molecule has 0 aliphatic heterocycles. The van der Waals surface area contributed by atoms with Gasteiger partial charge in [0.15, 0.2) is 0 Å². The van der Waals surface area contributed by atoms with Crippen LogP contribution in [-0.4, -0.2) is 24.4 Å². The standard InChI is InChI=1S/C14H28N2O2/c1-10(2)13(17)15-9-7-6-8-12(5)16-14(18)11(3)4/h10-12H,6-9H2,1-5H3,(H,15,17)(H,16,18). The molecule has 4 heteroatoms. The van der Waals surface area contributed by atoms with Crippen molar-refractivity contribution < 1.29 is 9.59 Å². The Hall–Kier alpha value is -1.06. The van der Waals surface area contributed by atoms with Crippen LogP contribution in [0.15, 0.2) is 0 Å². The van der Waals surface area contributed by atoms with E-state index in [1.165, 1.54) is 0 Å². The van der Waals surface area contributed by atoms with E-state index in [1.807, 2.05) is 34.6 Å². The second-order valence-electron chi connectivity index (χ2n) is 5.51. The molecule has 0 radical (unpaired) electrons. The molecule has 0 saturated carbocycles. The quantitative estimate of drug-likeness (QED) is 0.653. The van der Waals surface area contributed by atoms with E-state index in [9.17, 15) is 9.59 Å². The highest BCUT2D eigenvalue weighted by atomic mass is 16.2. The van der Waals surface area contributed by atoms with Crippen molar-refractivity contribution in [3.8, 4) is 0 Å². The fourth-order valence-electron chi connectivity index (χ4n) is 1.47. The summed E-state index contributed by atoms with van der Waals surface area (Å²) in [4.78, 5) is 22.7. The van der Waals surface area contributed by atoms with Gasteiger partial charge in [-0.2, -0.15) is 0 Å². The number of hydrogen-bond acceptors (Lipinski definition) is 2. The third-order valence-electron chi connectivity index (χ3n) is 2.80. The van der Waals surface area contributed by atoms with Crippen LogP contribution >= 0.6 is 0 Å². The summed E-state index contributed by atoms with van der Waals surface area (Å²) in [7, 11) is 0. The molecule has 0 aromatic rings. The van der Waals surface area contributed by atoms with Crippen molar-refractivity contribution in [3.63, 3.8) is 0 Å². The molecule has 0 bridgehead atoms. The molecule has 106 valence electrons. The number of nitrogens with one attached hydrogen (secondary N) is 2. The molecule has 0 aliphatic rings. The Kier molecular flexibility index (Phi) is 8.42. The van der Waals surface area contributed by atoms with Gasteiger partial charge in [0.2, 0.25) is 11.8 Å². The van der Waals surface area contributed by atoms with E-state index in [2.05, 4.69) is 10.6 Å². The normalized spacial score (nSPS) is 12.6. The van der Waals surface area contributed by atoms with Crippen LogP contribution in [0.3, 0.4) is 0 Å². The fourth-order valence-corrected chi connectivity index (χ4v) is 1.47. The van der Waals surface area contributed by atoms with Crippen LogP contribution in [0.1, 0.15) is 53.9 Å². The summed E-state index contributed by atoms with van der Waals surface area (Å²) in [5.74, 6) is 0.304. The SMILES string of the molecule is CC(CCCCNC(=O)C(C)C)NC(=O)C(C)C. The van der Waals surface area contributed by atoms with Crippen molar-refractivity contribution in [2.75, 3.05) is 6.54 Å². The minimum Gasteiger partial charge on any atom is -0.356 e. The summed E-state index contributed by atoms with van der Waals surface area (Å²) in [5, 5.41) is 5.86. The lowest BCUT2D eigenvalue weighted by atomic mass is 10.1. The lowest BCUT2D eigenvalue weighted by Gasteiger charge is -2.15. The van der Waals surface area contributed by atoms with Crippen LogP contribution in [-0.2, 0) is 9.59 Å². The average Bonchev–Trinajstić information content (AvgIpc) is 2.27. The molecule has 1 atom stereocenters. The lowest BCUT2D eigenvalue weighted by molar-refractivity contribution is -0.125. The predicted molar refractivity (Wildman–Crippen MR) is 74.1 cm³/mol. The van der Waals surface area contributed by atoms with Gasteiger partial charge in [-0.15, -0.1) is 0 Å². The third-order valence-corrected chi connectivity index (χ3v) is 2.80. The van der Waals surface area contributed by atoms with E-state index in [0.717, 1.165) is 25.8 Å². The van der Waals surface area contributed by atoms with Crippen molar-refractivity contribution in [1.82, 2.24) is 10.6 Å². The van der Waals surface area contributed by atoms with Gasteiger partial charge in [0.05, 0.1) is 0 Å². The van der Waals surface area contributed by atoms with Gasteiger partial charge in [0.1, 0.15) is 0 Å². The molecule has 0 saturated heterocycles. The molecule has 0 rings (SSSR count). The first-order valence-electron chi connectivity index (χ1n) is 6.92. The number of amides is 2. The molecule has 18 heavy (non-hydrogen) atoms.